The summed E-state index contributed by atoms with van der Waals surface area (Å²) in [5.41, 5.74) is 0. The minimum atomic E-state index is -0.434. The average Bonchev–Trinajstić information content (AvgIpc) is 3.03. The number of carbonyl (C=O) groups excluding carboxylic acids is 2. The van der Waals surface area contributed by atoms with E-state index in [9.17, 15) is 14.7 Å². The highest BCUT2D eigenvalue weighted by Crippen LogP contribution is 2.33. The van der Waals surface area contributed by atoms with Gasteiger partial charge in [-0.2, -0.15) is 0 Å². The first-order valence-corrected chi connectivity index (χ1v) is 8.73. The zero-order valence-corrected chi connectivity index (χ0v) is 13.6. The lowest BCUT2D eigenvalue weighted by Crippen LogP contribution is -2.48. The van der Waals surface area contributed by atoms with Crippen molar-refractivity contribution in [2.45, 2.75) is 37.8 Å². The molecule has 2 atom stereocenters. The number of aliphatic hydroxyl groups is 1. The van der Waals surface area contributed by atoms with Crippen molar-refractivity contribution in [3.05, 3.63) is 22.4 Å². The van der Waals surface area contributed by atoms with Gasteiger partial charge in [0.2, 0.25) is 5.91 Å². The van der Waals surface area contributed by atoms with Crippen LogP contribution in [0.25, 0.3) is 0 Å². The molecule has 1 aliphatic carbocycles. The highest BCUT2D eigenvalue weighted by molar-refractivity contribution is 7.12. The van der Waals surface area contributed by atoms with E-state index in [4.69, 9.17) is 0 Å². The Hall–Kier alpha value is -1.40. The number of hydrogen-bond donors (Lipinski definition) is 1. The number of thiophene rings is 1. The molecule has 1 saturated carbocycles. The summed E-state index contributed by atoms with van der Waals surface area (Å²) in [7, 11) is 1.72. The fraction of sp³-hybridized carbons (Fsp3) is 0.625. The first kappa shape index (κ1) is 15.5. The van der Waals surface area contributed by atoms with Crippen molar-refractivity contribution < 1.29 is 14.7 Å². The molecule has 1 aliphatic heterocycles. The van der Waals surface area contributed by atoms with E-state index >= 15 is 0 Å². The van der Waals surface area contributed by atoms with Crippen LogP contribution in [0.5, 0.6) is 0 Å². The fourth-order valence-corrected chi connectivity index (χ4v) is 3.74. The maximum absolute atomic E-state index is 12.6. The monoisotopic (exact) mass is 322 g/mol. The zero-order chi connectivity index (χ0) is 15.7. The molecule has 6 heteroatoms. The maximum atomic E-state index is 12.6. The van der Waals surface area contributed by atoms with Crippen molar-refractivity contribution in [2.75, 3.05) is 20.1 Å². The van der Waals surface area contributed by atoms with Crippen molar-refractivity contribution in [3.8, 4) is 0 Å². The predicted octanol–water partition coefficient (Wildman–Crippen LogP) is 1.58. The SMILES string of the molecule is CN(CC(O)C1CC1)C(=O)[C@@H]1CCCN1C(=O)c1cccs1. The Kier molecular flexibility index (Phi) is 4.49. The molecular formula is C16H22N2O3S. The molecule has 22 heavy (non-hydrogen) atoms. The third-order valence-corrected chi connectivity index (χ3v) is 5.39. The van der Waals surface area contributed by atoms with Crippen LogP contribution in [-0.4, -0.2) is 59.0 Å². The summed E-state index contributed by atoms with van der Waals surface area (Å²) in [5.74, 6) is 0.242. The van der Waals surface area contributed by atoms with Gasteiger partial charge in [-0.25, -0.2) is 0 Å². The number of nitrogens with zero attached hydrogens (tertiary/aromatic N) is 2. The molecule has 2 amide bonds. The summed E-state index contributed by atoms with van der Waals surface area (Å²) in [6.45, 7) is 0.993. The third kappa shape index (κ3) is 3.17. The van der Waals surface area contributed by atoms with E-state index in [0.29, 0.717) is 30.3 Å². The average molecular weight is 322 g/mol. The van der Waals surface area contributed by atoms with Crippen LogP contribution in [0.3, 0.4) is 0 Å². The molecule has 0 aromatic carbocycles. The molecule has 2 fully saturated rings. The van der Waals surface area contributed by atoms with Crippen molar-refractivity contribution >= 4 is 23.2 Å². The second-order valence-electron chi connectivity index (χ2n) is 6.26. The van der Waals surface area contributed by atoms with Crippen LogP contribution in [0.1, 0.15) is 35.4 Å². The largest absolute Gasteiger partial charge is 0.391 e. The van der Waals surface area contributed by atoms with Gasteiger partial charge in [0.05, 0.1) is 11.0 Å². The van der Waals surface area contributed by atoms with E-state index in [1.54, 1.807) is 22.9 Å². The van der Waals surface area contributed by atoms with E-state index in [1.807, 2.05) is 11.4 Å². The Bertz CT molecular complexity index is 542. The lowest BCUT2D eigenvalue weighted by molar-refractivity contribution is -0.135. The summed E-state index contributed by atoms with van der Waals surface area (Å²) < 4.78 is 0. The second kappa shape index (κ2) is 6.38. The van der Waals surface area contributed by atoms with Gasteiger partial charge in [-0.05, 0) is 43.0 Å². The van der Waals surface area contributed by atoms with Gasteiger partial charge in [0.1, 0.15) is 6.04 Å². The summed E-state index contributed by atoms with van der Waals surface area (Å²) in [5, 5.41) is 11.9. The number of carbonyl (C=O) groups is 2. The van der Waals surface area contributed by atoms with Crippen LogP contribution in [-0.2, 0) is 4.79 Å². The molecule has 120 valence electrons. The number of likely N-dealkylation sites (N-methyl/N-ethyl adjacent to an activating group) is 1. The number of rotatable bonds is 5. The fourth-order valence-electron chi connectivity index (χ4n) is 3.06. The van der Waals surface area contributed by atoms with E-state index < -0.39 is 6.10 Å². The van der Waals surface area contributed by atoms with E-state index in [2.05, 4.69) is 0 Å². The lowest BCUT2D eigenvalue weighted by atomic mass is 10.1. The first-order chi connectivity index (χ1) is 10.6. The quantitative estimate of drug-likeness (QED) is 0.895. The van der Waals surface area contributed by atoms with Gasteiger partial charge in [-0.15, -0.1) is 11.3 Å². The van der Waals surface area contributed by atoms with Crippen LogP contribution < -0.4 is 0 Å². The van der Waals surface area contributed by atoms with Crippen molar-refractivity contribution in [1.29, 1.82) is 0 Å². The van der Waals surface area contributed by atoms with Crippen LogP contribution in [0, 0.1) is 5.92 Å². The van der Waals surface area contributed by atoms with Gasteiger partial charge in [-0.1, -0.05) is 6.07 Å². The van der Waals surface area contributed by atoms with Gasteiger partial charge in [0.15, 0.2) is 0 Å². The Labute approximate surface area is 134 Å². The summed E-state index contributed by atoms with van der Waals surface area (Å²) >= 11 is 1.41. The highest BCUT2D eigenvalue weighted by atomic mass is 32.1. The Morgan fingerprint density at radius 1 is 1.45 bits per heavy atom. The molecule has 1 aromatic heterocycles. The minimum Gasteiger partial charge on any atom is -0.391 e. The van der Waals surface area contributed by atoms with Crippen molar-refractivity contribution in [1.82, 2.24) is 9.80 Å². The summed E-state index contributed by atoms with van der Waals surface area (Å²) in [4.78, 5) is 29.1. The molecule has 1 saturated heterocycles. The smallest absolute Gasteiger partial charge is 0.264 e. The van der Waals surface area contributed by atoms with E-state index in [0.717, 1.165) is 19.3 Å². The molecule has 1 N–H and O–H groups in total. The van der Waals surface area contributed by atoms with Gasteiger partial charge >= 0.3 is 0 Å². The van der Waals surface area contributed by atoms with Gasteiger partial charge in [-0.3, -0.25) is 9.59 Å². The number of amides is 2. The molecule has 0 bridgehead atoms. The molecule has 2 heterocycles. The Morgan fingerprint density at radius 2 is 2.23 bits per heavy atom. The van der Waals surface area contributed by atoms with E-state index in [-0.39, 0.29) is 17.9 Å². The van der Waals surface area contributed by atoms with Crippen LogP contribution in [0.15, 0.2) is 17.5 Å². The molecular weight excluding hydrogens is 300 g/mol. The van der Waals surface area contributed by atoms with E-state index in [1.165, 1.54) is 11.3 Å². The maximum Gasteiger partial charge on any atom is 0.264 e. The van der Waals surface area contributed by atoms with Gasteiger partial charge in [0.25, 0.3) is 5.91 Å². The number of likely N-dealkylation sites (tertiary alicyclic amines) is 1. The molecule has 1 aromatic rings. The van der Waals surface area contributed by atoms with Crippen molar-refractivity contribution in [2.24, 2.45) is 5.92 Å². The third-order valence-electron chi connectivity index (χ3n) is 4.53. The molecule has 5 nitrogen and oxygen atoms in total. The van der Waals surface area contributed by atoms with Gasteiger partial charge in [0, 0.05) is 20.1 Å². The minimum absolute atomic E-state index is 0.0536. The lowest BCUT2D eigenvalue weighted by Gasteiger charge is -2.29. The zero-order valence-electron chi connectivity index (χ0n) is 12.8. The van der Waals surface area contributed by atoms with Crippen LogP contribution >= 0.6 is 11.3 Å². The van der Waals surface area contributed by atoms with Crippen LogP contribution in [0.2, 0.25) is 0 Å². The molecule has 3 rings (SSSR count). The highest BCUT2D eigenvalue weighted by Gasteiger charge is 2.38. The standard InChI is InChI=1S/C16H22N2O3S/c1-17(10-13(19)11-6-7-11)15(20)12-4-2-8-18(12)16(21)14-5-3-9-22-14/h3,5,9,11-13,19H,2,4,6-8,10H2,1H3/t12-,13?/m0/s1. The molecule has 0 radical (unpaired) electrons. The first-order valence-electron chi connectivity index (χ1n) is 7.85. The second-order valence-corrected chi connectivity index (χ2v) is 7.21. The molecule has 2 aliphatic rings. The van der Waals surface area contributed by atoms with Crippen molar-refractivity contribution in [3.63, 3.8) is 0 Å². The molecule has 1 unspecified atom stereocenters. The predicted molar refractivity (Wildman–Crippen MR) is 84.7 cm³/mol. The summed E-state index contributed by atoms with van der Waals surface area (Å²) in [6.07, 6.45) is 3.23. The normalized spacial score (nSPS) is 22.6. The Balaban J connectivity index is 1.64. The number of hydrogen-bond acceptors (Lipinski definition) is 4. The number of aliphatic hydroxyl groups excluding tert-OH is 1. The summed E-state index contributed by atoms with van der Waals surface area (Å²) in [6, 6.07) is 3.27. The van der Waals surface area contributed by atoms with Gasteiger partial charge < -0.3 is 14.9 Å². The molecule has 0 spiro atoms. The Morgan fingerprint density at radius 3 is 2.86 bits per heavy atom. The van der Waals surface area contributed by atoms with Crippen LogP contribution in [0.4, 0.5) is 0 Å². The topological polar surface area (TPSA) is 60.9 Å².